The van der Waals surface area contributed by atoms with Gasteiger partial charge in [-0.3, -0.25) is 4.79 Å². The SMILES string of the molecule is CN[C@H](CI)C(=O)OC. The first-order valence-electron chi connectivity index (χ1n) is 2.57. The van der Waals surface area contributed by atoms with Gasteiger partial charge in [0.15, 0.2) is 0 Å². The van der Waals surface area contributed by atoms with E-state index >= 15 is 0 Å². The Labute approximate surface area is 68.3 Å². The van der Waals surface area contributed by atoms with Crippen molar-refractivity contribution in [3.8, 4) is 0 Å². The van der Waals surface area contributed by atoms with Gasteiger partial charge in [-0.2, -0.15) is 0 Å². The minimum Gasteiger partial charge on any atom is -0.468 e. The molecule has 0 aromatic rings. The molecule has 0 aliphatic carbocycles. The third kappa shape index (κ3) is 3.00. The van der Waals surface area contributed by atoms with Crippen molar-refractivity contribution >= 4 is 28.6 Å². The fraction of sp³-hybridized carbons (Fsp3) is 0.800. The van der Waals surface area contributed by atoms with Crippen molar-refractivity contribution in [2.45, 2.75) is 6.04 Å². The number of hydrogen-bond acceptors (Lipinski definition) is 3. The molecule has 0 aliphatic heterocycles. The summed E-state index contributed by atoms with van der Waals surface area (Å²) in [5.74, 6) is -0.202. The van der Waals surface area contributed by atoms with E-state index < -0.39 is 0 Å². The number of rotatable bonds is 3. The van der Waals surface area contributed by atoms with E-state index in [4.69, 9.17) is 0 Å². The van der Waals surface area contributed by atoms with Crippen molar-refractivity contribution in [3.63, 3.8) is 0 Å². The van der Waals surface area contributed by atoms with Gasteiger partial charge in [0.1, 0.15) is 6.04 Å². The Hall–Kier alpha value is 0.160. The van der Waals surface area contributed by atoms with Gasteiger partial charge in [0.25, 0.3) is 0 Å². The Morgan fingerprint density at radius 2 is 2.44 bits per heavy atom. The Morgan fingerprint density at radius 1 is 1.89 bits per heavy atom. The summed E-state index contributed by atoms with van der Waals surface area (Å²) >= 11 is 2.12. The van der Waals surface area contributed by atoms with Crippen LogP contribution in [0.2, 0.25) is 0 Å². The Balaban J connectivity index is 3.64. The summed E-state index contributed by atoms with van der Waals surface area (Å²) in [7, 11) is 3.12. The zero-order valence-corrected chi connectivity index (χ0v) is 7.64. The van der Waals surface area contributed by atoms with Crippen LogP contribution in [0.3, 0.4) is 0 Å². The molecule has 0 spiro atoms. The first-order chi connectivity index (χ1) is 4.26. The van der Waals surface area contributed by atoms with E-state index in [-0.39, 0.29) is 12.0 Å². The molecule has 0 fully saturated rings. The van der Waals surface area contributed by atoms with E-state index in [1.807, 2.05) is 0 Å². The van der Waals surface area contributed by atoms with Crippen molar-refractivity contribution in [3.05, 3.63) is 0 Å². The molecule has 0 rings (SSSR count). The lowest BCUT2D eigenvalue weighted by Gasteiger charge is -2.08. The molecule has 0 aromatic carbocycles. The quantitative estimate of drug-likeness (QED) is 0.436. The average Bonchev–Trinajstić information content (AvgIpc) is 1.90. The number of nitrogens with one attached hydrogen (secondary N) is 1. The van der Waals surface area contributed by atoms with Crippen LogP contribution in [0.15, 0.2) is 0 Å². The number of carbonyl (C=O) groups is 1. The molecule has 0 aromatic heterocycles. The molecule has 4 heteroatoms. The minimum absolute atomic E-state index is 0.157. The number of methoxy groups -OCH3 is 1. The van der Waals surface area contributed by atoms with Crippen LogP contribution in [-0.4, -0.2) is 30.6 Å². The summed E-state index contributed by atoms with van der Waals surface area (Å²) in [6.07, 6.45) is 0. The molecule has 9 heavy (non-hydrogen) atoms. The van der Waals surface area contributed by atoms with E-state index in [0.717, 1.165) is 4.43 Å². The molecule has 0 heterocycles. The molecule has 1 atom stereocenters. The predicted molar refractivity (Wildman–Crippen MR) is 43.8 cm³/mol. The Morgan fingerprint density at radius 3 is 2.56 bits per heavy atom. The fourth-order valence-electron chi connectivity index (χ4n) is 0.400. The lowest BCUT2D eigenvalue weighted by atomic mass is 10.4. The second-order valence-electron chi connectivity index (χ2n) is 1.52. The molecule has 0 aliphatic rings. The van der Waals surface area contributed by atoms with Gasteiger partial charge < -0.3 is 10.1 Å². The standard InChI is InChI=1S/C5H10INO2/c1-7-4(3-6)5(8)9-2/h4,7H,3H2,1-2H3/t4-/m1/s1. The molecule has 0 saturated carbocycles. The van der Waals surface area contributed by atoms with Crippen LogP contribution in [0.4, 0.5) is 0 Å². The first kappa shape index (κ1) is 9.16. The van der Waals surface area contributed by atoms with Crippen LogP contribution in [-0.2, 0) is 9.53 Å². The van der Waals surface area contributed by atoms with Crippen molar-refractivity contribution < 1.29 is 9.53 Å². The van der Waals surface area contributed by atoms with Crippen LogP contribution < -0.4 is 5.32 Å². The highest BCUT2D eigenvalue weighted by atomic mass is 127. The van der Waals surface area contributed by atoms with Gasteiger partial charge in [0, 0.05) is 4.43 Å². The zero-order chi connectivity index (χ0) is 7.28. The summed E-state index contributed by atoms with van der Waals surface area (Å²) in [6.45, 7) is 0. The molecule has 0 radical (unpaired) electrons. The molecule has 0 amide bonds. The second-order valence-corrected chi connectivity index (χ2v) is 2.40. The van der Waals surface area contributed by atoms with E-state index in [9.17, 15) is 4.79 Å². The van der Waals surface area contributed by atoms with Crippen molar-refractivity contribution in [1.29, 1.82) is 0 Å². The summed E-state index contributed by atoms with van der Waals surface area (Å²) in [6, 6.07) is -0.157. The van der Waals surface area contributed by atoms with Gasteiger partial charge in [-0.1, -0.05) is 22.6 Å². The first-order valence-corrected chi connectivity index (χ1v) is 4.09. The summed E-state index contributed by atoms with van der Waals surface area (Å²) in [5.41, 5.74) is 0. The molecule has 54 valence electrons. The van der Waals surface area contributed by atoms with E-state index in [1.54, 1.807) is 7.05 Å². The van der Waals surface area contributed by atoms with Gasteiger partial charge in [-0.15, -0.1) is 0 Å². The van der Waals surface area contributed by atoms with Crippen LogP contribution in [0.5, 0.6) is 0 Å². The largest absolute Gasteiger partial charge is 0.468 e. The van der Waals surface area contributed by atoms with Crippen LogP contribution in [0.1, 0.15) is 0 Å². The number of alkyl halides is 1. The third-order valence-corrected chi connectivity index (χ3v) is 1.87. The predicted octanol–water partition coefficient (Wildman–Crippen LogP) is 0.182. The highest BCUT2D eigenvalue weighted by molar-refractivity contribution is 14.1. The molecule has 0 unspecified atom stereocenters. The number of esters is 1. The monoisotopic (exact) mass is 243 g/mol. The van der Waals surface area contributed by atoms with Crippen LogP contribution in [0, 0.1) is 0 Å². The Kier molecular flexibility index (Phi) is 5.07. The summed E-state index contributed by atoms with van der Waals surface area (Å²) < 4.78 is 5.22. The van der Waals surface area contributed by atoms with Gasteiger partial charge in [0.2, 0.25) is 0 Å². The van der Waals surface area contributed by atoms with Gasteiger partial charge in [-0.05, 0) is 7.05 Å². The van der Waals surface area contributed by atoms with Crippen molar-refractivity contribution in [2.75, 3.05) is 18.6 Å². The maximum absolute atomic E-state index is 10.7. The molecule has 0 saturated heterocycles. The number of likely N-dealkylation sites (N-methyl/N-ethyl adjacent to an activating group) is 1. The van der Waals surface area contributed by atoms with Gasteiger partial charge >= 0.3 is 5.97 Å². The van der Waals surface area contributed by atoms with Gasteiger partial charge in [0.05, 0.1) is 7.11 Å². The van der Waals surface area contributed by atoms with Crippen LogP contribution >= 0.6 is 22.6 Å². The van der Waals surface area contributed by atoms with Crippen LogP contribution in [0.25, 0.3) is 0 Å². The fourth-order valence-corrected chi connectivity index (χ4v) is 1.20. The highest BCUT2D eigenvalue weighted by Crippen LogP contribution is 1.92. The number of carbonyl (C=O) groups excluding carboxylic acids is 1. The zero-order valence-electron chi connectivity index (χ0n) is 5.48. The molecular formula is C5H10INO2. The second kappa shape index (κ2) is 4.99. The van der Waals surface area contributed by atoms with E-state index in [0.29, 0.717) is 0 Å². The average molecular weight is 243 g/mol. The highest BCUT2D eigenvalue weighted by Gasteiger charge is 2.13. The molecular weight excluding hydrogens is 233 g/mol. The summed E-state index contributed by atoms with van der Waals surface area (Å²) in [4.78, 5) is 10.7. The molecule has 1 N–H and O–H groups in total. The Bertz CT molecular complexity index is 93.0. The number of halogens is 1. The van der Waals surface area contributed by atoms with Crippen molar-refractivity contribution in [2.24, 2.45) is 0 Å². The topological polar surface area (TPSA) is 38.3 Å². The normalized spacial score (nSPS) is 12.8. The third-order valence-electron chi connectivity index (χ3n) is 0.988. The minimum atomic E-state index is -0.202. The molecule has 3 nitrogen and oxygen atoms in total. The lowest BCUT2D eigenvalue weighted by Crippen LogP contribution is -2.36. The van der Waals surface area contributed by atoms with Gasteiger partial charge in [-0.25, -0.2) is 0 Å². The smallest absolute Gasteiger partial charge is 0.323 e. The van der Waals surface area contributed by atoms with E-state index in [2.05, 4.69) is 32.6 Å². The maximum Gasteiger partial charge on any atom is 0.323 e. The lowest BCUT2D eigenvalue weighted by molar-refractivity contribution is -0.142. The number of hydrogen-bond donors (Lipinski definition) is 1. The van der Waals surface area contributed by atoms with Crippen molar-refractivity contribution in [1.82, 2.24) is 5.32 Å². The number of ether oxygens (including phenoxy) is 1. The molecule has 0 bridgehead atoms. The summed E-state index contributed by atoms with van der Waals surface area (Å²) in [5, 5.41) is 2.82. The maximum atomic E-state index is 10.7. The van der Waals surface area contributed by atoms with E-state index in [1.165, 1.54) is 7.11 Å².